The molecule has 0 fully saturated rings. The molecule has 6 heterocycles. The molecule has 0 aliphatic heterocycles. The maximum absolute atomic E-state index is 9.08. The number of hydrogen-bond donors (Lipinski definition) is 2. The van der Waals surface area contributed by atoms with Gasteiger partial charge in [-0.3, -0.25) is 4.98 Å². The molecule has 11 nitrogen and oxygen atoms in total. The van der Waals surface area contributed by atoms with E-state index in [0.717, 1.165) is 92.4 Å². The summed E-state index contributed by atoms with van der Waals surface area (Å²) in [5.74, 6) is 0. The van der Waals surface area contributed by atoms with Gasteiger partial charge < -0.3 is 38.6 Å². The molecule has 16 heteroatoms. The molecule has 6 aromatic carbocycles. The maximum Gasteiger partial charge on any atom is 0.120 e. The van der Waals surface area contributed by atoms with Crippen molar-refractivity contribution in [1.29, 1.82) is 0 Å². The van der Waals surface area contributed by atoms with Crippen LogP contribution >= 0.6 is 0 Å². The summed E-state index contributed by atoms with van der Waals surface area (Å²) >= 11 is 0. The predicted molar refractivity (Wildman–Crippen MR) is 336 cm³/mol. The van der Waals surface area contributed by atoms with Gasteiger partial charge in [0.1, 0.15) is 11.2 Å². The Morgan fingerprint density at radius 1 is 0.439 bits per heavy atom. The van der Waals surface area contributed by atoms with Gasteiger partial charge in [-0.2, -0.15) is 0 Å². The standard InChI is InChI=1S/2C20H18NOSi.C11H9N.C11H8N.CH4O3S.2CH4O.CH4.2Ir.H2/c2*1-23(2,3)18-12-7-9-15-14-8-6-10-16(19(14)22-20(15)18)17-11-4-5-13-21-17;2*1-2-6-10(7-3-1)11-8-4-5-9-12-11;1-5(2,3)4;2*1-2;;;;/h2*4-9,11-13H,1-3H3;1-9H;1-6,8-9H;1H3,(H,2,3,4);2*2H,1H3;1H4;;;1H/q2*-1;;-1;;;;;;;/p-1/i;;;;;;;;;;1+1D. The van der Waals surface area contributed by atoms with Crippen LogP contribution in [-0.2, 0) is 50.3 Å². The molecule has 0 spiro atoms. The minimum absolute atomic E-state index is 0. The first-order chi connectivity index (χ1) is 39.0. The SMILES string of the molecule is C.CO.CO.CS(=O)(=O)[O-].C[Si](C)(C)c1cccc2c1oc1c(-c3ccccn3)[c-]ccc12.C[Si](C)(C)c1cccc2c1oc1c(-c3ccccn3)[c-]ccc12.[2H][2H].[Ir].[Ir].[c-]1ccccc1-c1ccccn1.c1ccc(-c2ccccn2)cc1. The van der Waals surface area contributed by atoms with Crippen molar-refractivity contribution in [2.75, 3.05) is 20.5 Å². The van der Waals surface area contributed by atoms with Crippen LogP contribution in [0.5, 0.6) is 0 Å². The second-order valence-corrected chi connectivity index (χ2v) is 31.0. The Bertz CT molecular complexity index is 3580. The molecule has 0 bridgehead atoms. The Morgan fingerprint density at radius 3 is 1.15 bits per heavy atom. The van der Waals surface area contributed by atoms with Gasteiger partial charge in [0.25, 0.3) is 0 Å². The van der Waals surface area contributed by atoms with Gasteiger partial charge in [0.2, 0.25) is 0 Å². The minimum Gasteiger partial charge on any atom is -0.748 e. The predicted octanol–water partition coefficient (Wildman–Crippen LogP) is 14.5. The van der Waals surface area contributed by atoms with Gasteiger partial charge in [0.15, 0.2) is 0 Å². The van der Waals surface area contributed by atoms with E-state index in [9.17, 15) is 0 Å². The summed E-state index contributed by atoms with van der Waals surface area (Å²) in [6.45, 7) is 14.1. The third-order valence-corrected chi connectivity index (χ3v) is 15.8. The summed E-state index contributed by atoms with van der Waals surface area (Å²) in [5.41, 5.74) is 11.7. The van der Waals surface area contributed by atoms with E-state index in [1.807, 2.05) is 134 Å². The summed E-state index contributed by atoms with van der Waals surface area (Å²) in [6, 6.07) is 72.4. The number of nitrogens with zero attached hydrogens (tertiary/aromatic N) is 4. The topological polar surface area (TPSA) is 175 Å². The van der Waals surface area contributed by atoms with Crippen LogP contribution in [-0.4, -0.2) is 79.7 Å². The molecule has 82 heavy (non-hydrogen) atoms. The van der Waals surface area contributed by atoms with Crippen LogP contribution in [0.4, 0.5) is 0 Å². The number of rotatable bonds is 6. The van der Waals surface area contributed by atoms with E-state index in [-0.39, 0.29) is 47.6 Å². The van der Waals surface area contributed by atoms with Crippen LogP contribution in [0.1, 0.15) is 10.4 Å². The Hall–Kier alpha value is -6.92. The molecule has 2 N–H and O–H groups in total. The number of pyridine rings is 4. The third-order valence-electron chi connectivity index (χ3n) is 11.8. The zero-order valence-electron chi connectivity index (χ0n) is 48.5. The molecule has 0 amide bonds. The molecule has 12 aromatic rings. The second-order valence-electron chi connectivity index (χ2n) is 19.5. The Labute approximate surface area is 515 Å². The minimum atomic E-state index is -3.92. The first kappa shape index (κ1) is 67.6. The van der Waals surface area contributed by atoms with Gasteiger partial charge in [-0.1, -0.05) is 178 Å². The molecule has 12 rings (SSSR count). The van der Waals surface area contributed by atoms with E-state index in [1.165, 1.54) is 21.1 Å². The van der Waals surface area contributed by atoms with Gasteiger partial charge in [0.05, 0.1) is 43.1 Å². The summed E-state index contributed by atoms with van der Waals surface area (Å²) in [6.07, 6.45) is 7.81. The zero-order valence-corrected chi connectivity index (χ0v) is 54.1. The molecule has 6 aromatic heterocycles. The number of fused-ring (bicyclic) bond motifs is 6. The number of hydrogen-bond acceptors (Lipinski definition) is 11. The van der Waals surface area contributed by atoms with Crippen LogP contribution in [0.15, 0.2) is 222 Å². The van der Waals surface area contributed by atoms with E-state index in [1.54, 1.807) is 18.6 Å². The quantitative estimate of drug-likeness (QED) is 0.0920. The molecule has 0 aliphatic rings. The summed E-state index contributed by atoms with van der Waals surface area (Å²) < 4.78 is 49.9. The van der Waals surface area contributed by atoms with Crippen molar-refractivity contribution in [1.82, 2.24) is 19.9 Å². The first-order valence-electron chi connectivity index (χ1n) is 26.2. The van der Waals surface area contributed by atoms with Gasteiger partial charge >= 0.3 is 0 Å². The molecular weight excluding hydrogens is 1430 g/mol. The molecule has 0 saturated heterocycles. The van der Waals surface area contributed by atoms with E-state index >= 15 is 0 Å². The average Bonchev–Trinajstić information content (AvgIpc) is 3.39. The van der Waals surface area contributed by atoms with Gasteiger partial charge in [-0.05, 0) is 57.8 Å². The number of aromatic nitrogens is 4. The van der Waals surface area contributed by atoms with Crippen LogP contribution in [0.25, 0.3) is 88.9 Å². The first-order valence-corrected chi connectivity index (χ1v) is 34.1. The van der Waals surface area contributed by atoms with Gasteiger partial charge in [-0.15, -0.1) is 72.3 Å². The maximum atomic E-state index is 9.08. The van der Waals surface area contributed by atoms with Crippen molar-refractivity contribution in [2.24, 2.45) is 0 Å². The van der Waals surface area contributed by atoms with Crippen molar-refractivity contribution in [3.63, 3.8) is 0 Å². The zero-order chi connectivity index (χ0) is 59.0. The monoisotopic (exact) mass is 1510 g/mol. The number of furan rings is 2. The fourth-order valence-electron chi connectivity index (χ4n) is 8.33. The smallest absolute Gasteiger partial charge is 0.120 e. The van der Waals surface area contributed by atoms with E-state index < -0.39 is 26.3 Å². The molecule has 0 atom stereocenters. The largest absolute Gasteiger partial charge is 0.748 e. The number of aliphatic hydroxyl groups excluding tert-OH is 2. The van der Waals surface area contributed by atoms with Crippen molar-refractivity contribution >= 4 is 80.5 Å². The van der Waals surface area contributed by atoms with Crippen molar-refractivity contribution in [3.05, 3.63) is 231 Å². The Kier molecular flexibility index (Phi) is 27.4. The van der Waals surface area contributed by atoms with Crippen LogP contribution in [0.2, 0.25) is 39.3 Å². The van der Waals surface area contributed by atoms with Crippen molar-refractivity contribution in [3.8, 4) is 45.0 Å². The second kappa shape index (κ2) is 33.3. The molecule has 432 valence electrons. The summed E-state index contributed by atoms with van der Waals surface area (Å²) in [4.78, 5) is 17.4. The molecule has 0 aliphatic carbocycles. The van der Waals surface area contributed by atoms with E-state index in [2.05, 4.69) is 138 Å². The Morgan fingerprint density at radius 2 is 0.793 bits per heavy atom. The number of benzene rings is 6. The van der Waals surface area contributed by atoms with Crippen molar-refractivity contribution < 1.29 is 75.2 Å². The molecular formula is C66H70Ir2N4O7SSi2-4. The molecule has 0 unspecified atom stereocenters. The van der Waals surface area contributed by atoms with Gasteiger partial charge in [-0.25, -0.2) is 8.42 Å². The average molecular weight is 1510 g/mol. The fourth-order valence-corrected chi connectivity index (χ4v) is 11.3. The van der Waals surface area contributed by atoms with Gasteiger partial charge in [0, 0.05) is 105 Å². The Balaban J connectivity index is 0.000000369. The summed E-state index contributed by atoms with van der Waals surface area (Å²) in [7, 11) is -4.87. The van der Waals surface area contributed by atoms with Crippen LogP contribution < -0.4 is 10.4 Å². The summed E-state index contributed by atoms with van der Waals surface area (Å²) in [5, 5.41) is 21.4. The van der Waals surface area contributed by atoms with Crippen molar-refractivity contribution in [2.45, 2.75) is 46.7 Å². The molecule has 2 radical (unpaired) electrons. The van der Waals surface area contributed by atoms with Crippen LogP contribution in [0.3, 0.4) is 0 Å². The van der Waals surface area contributed by atoms with Crippen LogP contribution in [0, 0.1) is 18.2 Å². The molecule has 0 saturated carbocycles. The number of aliphatic hydroxyl groups is 2. The normalized spacial score (nSPS) is 10.6. The van der Waals surface area contributed by atoms with E-state index in [0.29, 0.717) is 6.26 Å². The third kappa shape index (κ3) is 19.1. The number of para-hydroxylation sites is 2. The fraction of sp³-hybridized carbons (Fsp3) is 0.152. The van der Waals surface area contributed by atoms with E-state index in [4.69, 9.17) is 35.0 Å².